The Labute approximate surface area is 90.5 Å². The zero-order valence-corrected chi connectivity index (χ0v) is 9.37. The molecule has 0 unspecified atom stereocenters. The maximum absolute atomic E-state index is 10.8. The average molecular weight is 226 g/mol. The van der Waals surface area contributed by atoms with E-state index in [9.17, 15) is 4.79 Å². The van der Waals surface area contributed by atoms with E-state index < -0.39 is 0 Å². The van der Waals surface area contributed by atoms with Crippen LogP contribution in [0.1, 0.15) is 20.2 Å². The summed E-state index contributed by atoms with van der Waals surface area (Å²) in [5.74, 6) is 0. The number of carbonyl (C=O) groups is 1. The standard InChI is InChI=1S/C10H8ClNOS/c1-5-3-7(11)9-8(4-13)14-6(2)10(9)12-5/h3-4H,1-2H3. The Morgan fingerprint density at radius 2 is 2.21 bits per heavy atom. The molecule has 14 heavy (non-hydrogen) atoms. The van der Waals surface area contributed by atoms with Gasteiger partial charge in [-0.1, -0.05) is 11.6 Å². The molecule has 0 N–H and O–H groups in total. The summed E-state index contributed by atoms with van der Waals surface area (Å²) in [6.45, 7) is 3.84. The molecule has 4 heteroatoms. The zero-order chi connectivity index (χ0) is 10.3. The molecule has 0 amide bonds. The van der Waals surface area contributed by atoms with Crippen LogP contribution in [-0.4, -0.2) is 11.3 Å². The van der Waals surface area contributed by atoms with Gasteiger partial charge in [-0.25, -0.2) is 0 Å². The fourth-order valence-corrected chi connectivity index (χ4v) is 2.81. The van der Waals surface area contributed by atoms with Crippen molar-refractivity contribution in [2.24, 2.45) is 0 Å². The summed E-state index contributed by atoms with van der Waals surface area (Å²) in [6, 6.07) is 1.78. The minimum Gasteiger partial charge on any atom is -0.297 e. The predicted molar refractivity (Wildman–Crippen MR) is 59.5 cm³/mol. The van der Waals surface area contributed by atoms with Crippen molar-refractivity contribution >= 4 is 40.1 Å². The number of rotatable bonds is 1. The number of halogens is 1. The quantitative estimate of drug-likeness (QED) is 0.697. The van der Waals surface area contributed by atoms with E-state index in [1.807, 2.05) is 13.8 Å². The van der Waals surface area contributed by atoms with Crippen molar-refractivity contribution in [2.75, 3.05) is 0 Å². The van der Waals surface area contributed by atoms with Gasteiger partial charge in [0.15, 0.2) is 6.29 Å². The van der Waals surface area contributed by atoms with Crippen LogP contribution in [0.4, 0.5) is 0 Å². The number of aldehydes is 1. The van der Waals surface area contributed by atoms with E-state index >= 15 is 0 Å². The van der Waals surface area contributed by atoms with E-state index in [1.165, 1.54) is 11.3 Å². The van der Waals surface area contributed by atoms with Crippen LogP contribution in [0.3, 0.4) is 0 Å². The number of hydrogen-bond donors (Lipinski definition) is 0. The number of thiophene rings is 1. The van der Waals surface area contributed by atoms with Gasteiger partial charge in [-0.2, -0.15) is 0 Å². The summed E-state index contributed by atoms with van der Waals surface area (Å²) >= 11 is 7.50. The van der Waals surface area contributed by atoms with Gasteiger partial charge in [0.2, 0.25) is 0 Å². The Kier molecular flexibility index (Phi) is 2.29. The lowest BCUT2D eigenvalue weighted by Crippen LogP contribution is -1.84. The van der Waals surface area contributed by atoms with Crippen molar-refractivity contribution in [3.8, 4) is 0 Å². The van der Waals surface area contributed by atoms with Crippen molar-refractivity contribution < 1.29 is 4.79 Å². The van der Waals surface area contributed by atoms with Crippen LogP contribution in [0, 0.1) is 13.8 Å². The highest BCUT2D eigenvalue weighted by atomic mass is 35.5. The van der Waals surface area contributed by atoms with Gasteiger partial charge >= 0.3 is 0 Å². The SMILES string of the molecule is Cc1cc(Cl)c2c(C=O)sc(C)c2n1. The summed E-state index contributed by atoms with van der Waals surface area (Å²) in [7, 11) is 0. The van der Waals surface area contributed by atoms with Crippen LogP contribution in [0.2, 0.25) is 5.02 Å². The normalized spacial score (nSPS) is 10.8. The van der Waals surface area contributed by atoms with E-state index in [0.717, 1.165) is 27.8 Å². The topological polar surface area (TPSA) is 30.0 Å². The lowest BCUT2D eigenvalue weighted by molar-refractivity contribution is 0.112. The first kappa shape index (κ1) is 9.62. The van der Waals surface area contributed by atoms with E-state index in [1.54, 1.807) is 6.07 Å². The maximum Gasteiger partial charge on any atom is 0.160 e. The van der Waals surface area contributed by atoms with Crippen molar-refractivity contribution in [1.29, 1.82) is 0 Å². The molecule has 72 valence electrons. The Balaban J connectivity index is 2.96. The van der Waals surface area contributed by atoms with Gasteiger partial charge in [0.25, 0.3) is 0 Å². The van der Waals surface area contributed by atoms with Gasteiger partial charge < -0.3 is 0 Å². The number of carbonyl (C=O) groups excluding carboxylic acids is 1. The van der Waals surface area contributed by atoms with Crippen LogP contribution in [0.5, 0.6) is 0 Å². The molecular weight excluding hydrogens is 218 g/mol. The molecule has 0 fully saturated rings. The number of hydrogen-bond acceptors (Lipinski definition) is 3. The van der Waals surface area contributed by atoms with Crippen molar-refractivity contribution in [2.45, 2.75) is 13.8 Å². The van der Waals surface area contributed by atoms with E-state index in [-0.39, 0.29) is 0 Å². The molecular formula is C10H8ClNOS. The fourth-order valence-electron chi connectivity index (χ4n) is 1.47. The minimum absolute atomic E-state index is 0.610. The summed E-state index contributed by atoms with van der Waals surface area (Å²) < 4.78 is 0. The van der Waals surface area contributed by atoms with Crippen molar-refractivity contribution in [3.05, 3.63) is 26.5 Å². The third kappa shape index (κ3) is 1.33. The molecule has 0 radical (unpaired) electrons. The Hall–Kier alpha value is -0.930. The molecule has 0 aliphatic heterocycles. The van der Waals surface area contributed by atoms with Crippen LogP contribution in [0.15, 0.2) is 6.07 Å². The van der Waals surface area contributed by atoms with Gasteiger partial charge in [0.05, 0.1) is 15.4 Å². The van der Waals surface area contributed by atoms with Crippen LogP contribution >= 0.6 is 22.9 Å². The fraction of sp³-hybridized carbons (Fsp3) is 0.200. The molecule has 0 aliphatic carbocycles. The Morgan fingerprint density at radius 1 is 1.50 bits per heavy atom. The van der Waals surface area contributed by atoms with Crippen molar-refractivity contribution in [3.63, 3.8) is 0 Å². The molecule has 0 bridgehead atoms. The number of fused-ring (bicyclic) bond motifs is 1. The summed E-state index contributed by atoms with van der Waals surface area (Å²) in [5, 5.41) is 1.40. The van der Waals surface area contributed by atoms with Crippen LogP contribution in [-0.2, 0) is 0 Å². The minimum atomic E-state index is 0.610. The first-order chi connectivity index (χ1) is 6.63. The zero-order valence-electron chi connectivity index (χ0n) is 7.80. The maximum atomic E-state index is 10.8. The lowest BCUT2D eigenvalue weighted by Gasteiger charge is -1.97. The summed E-state index contributed by atoms with van der Waals surface area (Å²) in [5.41, 5.74) is 1.72. The highest BCUT2D eigenvalue weighted by molar-refractivity contribution is 7.15. The van der Waals surface area contributed by atoms with Gasteiger partial charge in [0.1, 0.15) is 0 Å². The first-order valence-electron chi connectivity index (χ1n) is 4.15. The number of aromatic nitrogens is 1. The second kappa shape index (κ2) is 3.33. The molecule has 0 aliphatic rings. The second-order valence-corrected chi connectivity index (χ2v) is 4.77. The van der Waals surface area contributed by atoms with Gasteiger partial charge in [-0.3, -0.25) is 9.78 Å². The highest BCUT2D eigenvalue weighted by Crippen LogP contribution is 2.33. The largest absolute Gasteiger partial charge is 0.297 e. The molecule has 2 heterocycles. The average Bonchev–Trinajstić information content (AvgIpc) is 2.43. The van der Waals surface area contributed by atoms with E-state index in [2.05, 4.69) is 4.98 Å². The molecule has 0 aromatic carbocycles. The first-order valence-corrected chi connectivity index (χ1v) is 5.34. The molecule has 0 saturated carbocycles. The second-order valence-electron chi connectivity index (χ2n) is 3.11. The molecule has 0 spiro atoms. The predicted octanol–water partition coefficient (Wildman–Crippen LogP) is 3.38. The monoisotopic (exact) mass is 225 g/mol. The lowest BCUT2D eigenvalue weighted by atomic mass is 10.2. The Bertz CT molecular complexity index is 518. The number of nitrogens with zero attached hydrogens (tertiary/aromatic N) is 1. The summed E-state index contributed by atoms with van der Waals surface area (Å²) in [6.07, 6.45) is 0.836. The molecule has 2 aromatic rings. The number of aryl methyl sites for hydroxylation is 2. The molecule has 2 nitrogen and oxygen atoms in total. The molecule has 2 rings (SSSR count). The van der Waals surface area contributed by atoms with Crippen LogP contribution < -0.4 is 0 Å². The van der Waals surface area contributed by atoms with E-state index in [0.29, 0.717) is 9.90 Å². The Morgan fingerprint density at radius 3 is 2.86 bits per heavy atom. The third-order valence-electron chi connectivity index (χ3n) is 2.05. The van der Waals surface area contributed by atoms with Crippen molar-refractivity contribution in [1.82, 2.24) is 4.98 Å². The molecule has 2 aromatic heterocycles. The van der Waals surface area contributed by atoms with Crippen LogP contribution in [0.25, 0.3) is 10.9 Å². The third-order valence-corrected chi connectivity index (χ3v) is 3.37. The number of pyridine rings is 1. The highest BCUT2D eigenvalue weighted by Gasteiger charge is 2.12. The summed E-state index contributed by atoms with van der Waals surface area (Å²) in [4.78, 5) is 16.9. The molecule has 0 saturated heterocycles. The smallest absolute Gasteiger partial charge is 0.160 e. The van der Waals surface area contributed by atoms with Gasteiger partial charge in [0, 0.05) is 16.0 Å². The van der Waals surface area contributed by atoms with Gasteiger partial charge in [-0.05, 0) is 19.9 Å². The molecule has 0 atom stereocenters. The van der Waals surface area contributed by atoms with Gasteiger partial charge in [-0.15, -0.1) is 11.3 Å². The van der Waals surface area contributed by atoms with E-state index in [4.69, 9.17) is 11.6 Å².